The van der Waals surface area contributed by atoms with Crippen molar-refractivity contribution in [1.82, 2.24) is 19.6 Å². The van der Waals surface area contributed by atoms with Crippen molar-refractivity contribution in [2.24, 2.45) is 5.92 Å². The summed E-state index contributed by atoms with van der Waals surface area (Å²) in [5.74, 6) is 0.185. The van der Waals surface area contributed by atoms with Gasteiger partial charge < -0.3 is 9.80 Å². The van der Waals surface area contributed by atoms with Crippen LogP contribution in [-0.2, 0) is 4.79 Å². The lowest BCUT2D eigenvalue weighted by Crippen LogP contribution is -2.51. The van der Waals surface area contributed by atoms with Crippen LogP contribution in [0.1, 0.15) is 23.3 Å². The molecular formula is C23H22N4O3. The standard InChI is InChI=1S/C23H22N4O3/c28-21(16-10-11-16)25-12-14-26(15-13-25)23(30)20-18-8-4-5-9-19(18)22(29)27(24-20)17-6-2-1-3-7-17/h1-9,16H,10-15H2. The molecule has 2 aliphatic rings. The molecular weight excluding hydrogens is 380 g/mol. The van der Waals surface area contributed by atoms with Gasteiger partial charge in [0.05, 0.1) is 11.1 Å². The molecule has 1 aliphatic heterocycles. The van der Waals surface area contributed by atoms with Crippen LogP contribution in [0.15, 0.2) is 59.4 Å². The van der Waals surface area contributed by atoms with Crippen molar-refractivity contribution >= 4 is 22.6 Å². The Bertz CT molecular complexity index is 1180. The van der Waals surface area contributed by atoms with Crippen LogP contribution in [0.25, 0.3) is 16.5 Å². The van der Waals surface area contributed by atoms with Gasteiger partial charge in [0.2, 0.25) is 5.91 Å². The summed E-state index contributed by atoms with van der Waals surface area (Å²) in [6.45, 7) is 2.02. The number of benzene rings is 2. The van der Waals surface area contributed by atoms with Crippen molar-refractivity contribution in [1.29, 1.82) is 0 Å². The lowest BCUT2D eigenvalue weighted by molar-refractivity contribution is -0.134. The molecule has 2 aromatic carbocycles. The van der Waals surface area contributed by atoms with E-state index in [2.05, 4.69) is 5.10 Å². The third kappa shape index (κ3) is 3.26. The first-order valence-electron chi connectivity index (χ1n) is 10.3. The van der Waals surface area contributed by atoms with Crippen molar-refractivity contribution in [3.63, 3.8) is 0 Å². The van der Waals surface area contributed by atoms with Gasteiger partial charge in [-0.3, -0.25) is 14.4 Å². The lowest BCUT2D eigenvalue weighted by Gasteiger charge is -2.34. The van der Waals surface area contributed by atoms with E-state index in [1.165, 1.54) is 4.68 Å². The van der Waals surface area contributed by atoms with E-state index in [1.807, 2.05) is 23.1 Å². The minimum Gasteiger partial charge on any atom is -0.339 e. The maximum atomic E-state index is 13.4. The zero-order chi connectivity index (χ0) is 20.7. The van der Waals surface area contributed by atoms with Crippen LogP contribution < -0.4 is 5.56 Å². The summed E-state index contributed by atoms with van der Waals surface area (Å²) in [6, 6.07) is 16.2. The maximum absolute atomic E-state index is 13.4. The Morgan fingerprint density at radius 2 is 1.40 bits per heavy atom. The number of amides is 2. The number of carbonyl (C=O) groups is 2. The fourth-order valence-corrected chi connectivity index (χ4v) is 3.96. The summed E-state index contributed by atoms with van der Waals surface area (Å²) in [6.07, 6.45) is 1.96. The average molecular weight is 402 g/mol. The van der Waals surface area contributed by atoms with Crippen molar-refractivity contribution in [3.05, 3.63) is 70.6 Å². The molecule has 30 heavy (non-hydrogen) atoms. The predicted octanol–water partition coefficient (Wildman–Crippen LogP) is 2.08. The minimum atomic E-state index is -0.256. The van der Waals surface area contributed by atoms with E-state index < -0.39 is 0 Å². The number of fused-ring (bicyclic) bond motifs is 1. The van der Waals surface area contributed by atoms with E-state index in [4.69, 9.17) is 0 Å². The molecule has 3 aromatic rings. The molecule has 5 rings (SSSR count). The first-order valence-corrected chi connectivity index (χ1v) is 10.3. The Hall–Kier alpha value is -3.48. The minimum absolute atomic E-state index is 0.187. The number of aromatic nitrogens is 2. The van der Waals surface area contributed by atoms with Crippen molar-refractivity contribution in [2.75, 3.05) is 26.2 Å². The topological polar surface area (TPSA) is 75.5 Å². The maximum Gasteiger partial charge on any atom is 0.279 e. The summed E-state index contributed by atoms with van der Waals surface area (Å²) >= 11 is 0. The Balaban J connectivity index is 1.49. The molecule has 2 fully saturated rings. The monoisotopic (exact) mass is 402 g/mol. The lowest BCUT2D eigenvalue weighted by atomic mass is 10.1. The number of carbonyl (C=O) groups excluding carboxylic acids is 2. The largest absolute Gasteiger partial charge is 0.339 e. The molecule has 1 saturated heterocycles. The molecule has 7 nitrogen and oxygen atoms in total. The molecule has 0 unspecified atom stereocenters. The highest BCUT2D eigenvalue weighted by Crippen LogP contribution is 2.31. The van der Waals surface area contributed by atoms with Crippen LogP contribution in [-0.4, -0.2) is 57.6 Å². The zero-order valence-electron chi connectivity index (χ0n) is 16.5. The average Bonchev–Trinajstić information content (AvgIpc) is 3.65. The van der Waals surface area contributed by atoms with Crippen LogP contribution in [0.3, 0.4) is 0 Å². The summed E-state index contributed by atoms with van der Waals surface area (Å²) in [5.41, 5.74) is 0.617. The van der Waals surface area contributed by atoms with E-state index in [-0.39, 0.29) is 29.0 Å². The third-order valence-electron chi connectivity index (χ3n) is 5.81. The van der Waals surface area contributed by atoms with Crippen LogP contribution >= 0.6 is 0 Å². The first kappa shape index (κ1) is 18.5. The number of hydrogen-bond acceptors (Lipinski definition) is 4. The molecule has 0 spiro atoms. The summed E-state index contributed by atoms with van der Waals surface area (Å²) < 4.78 is 1.29. The molecule has 2 amide bonds. The molecule has 7 heteroatoms. The Morgan fingerprint density at radius 3 is 2.07 bits per heavy atom. The van der Waals surface area contributed by atoms with Gasteiger partial charge in [0.25, 0.3) is 11.5 Å². The van der Waals surface area contributed by atoms with E-state index >= 15 is 0 Å². The van der Waals surface area contributed by atoms with Gasteiger partial charge in [0.15, 0.2) is 5.69 Å². The van der Waals surface area contributed by atoms with Crippen LogP contribution in [0.5, 0.6) is 0 Å². The number of para-hydroxylation sites is 1. The number of nitrogens with zero attached hydrogens (tertiary/aromatic N) is 4. The SMILES string of the molecule is O=C(c1nn(-c2ccccc2)c(=O)c2ccccc12)N1CCN(C(=O)C2CC2)CC1. The third-order valence-corrected chi connectivity index (χ3v) is 5.81. The van der Waals surface area contributed by atoms with Gasteiger partial charge in [-0.1, -0.05) is 36.4 Å². The zero-order valence-corrected chi connectivity index (χ0v) is 16.5. The number of rotatable bonds is 3. The van der Waals surface area contributed by atoms with Crippen LogP contribution in [0.2, 0.25) is 0 Å². The second kappa shape index (κ2) is 7.40. The van der Waals surface area contributed by atoms with E-state index in [0.29, 0.717) is 42.6 Å². The van der Waals surface area contributed by atoms with Crippen molar-refractivity contribution < 1.29 is 9.59 Å². The van der Waals surface area contributed by atoms with Gasteiger partial charge in [-0.2, -0.15) is 9.78 Å². The summed E-state index contributed by atoms with van der Waals surface area (Å²) in [7, 11) is 0. The Labute approximate surface area is 173 Å². The van der Waals surface area contributed by atoms with Gasteiger partial charge >= 0.3 is 0 Å². The molecule has 0 N–H and O–H groups in total. The van der Waals surface area contributed by atoms with Crippen LogP contribution in [0, 0.1) is 5.92 Å². The molecule has 152 valence electrons. The number of hydrogen-bond donors (Lipinski definition) is 0. The van der Waals surface area contributed by atoms with Gasteiger partial charge in [-0.15, -0.1) is 0 Å². The molecule has 0 atom stereocenters. The highest BCUT2D eigenvalue weighted by atomic mass is 16.2. The smallest absolute Gasteiger partial charge is 0.279 e. The fourth-order valence-electron chi connectivity index (χ4n) is 3.96. The van der Waals surface area contributed by atoms with Gasteiger partial charge in [0, 0.05) is 37.5 Å². The normalized spacial score (nSPS) is 16.7. The van der Waals surface area contributed by atoms with Crippen molar-refractivity contribution in [2.45, 2.75) is 12.8 Å². The Kier molecular flexibility index (Phi) is 4.58. The molecule has 1 aromatic heterocycles. The summed E-state index contributed by atoms with van der Waals surface area (Å²) in [4.78, 5) is 42.3. The number of piperazine rings is 1. The molecule has 0 radical (unpaired) electrons. The van der Waals surface area contributed by atoms with Gasteiger partial charge in [-0.05, 0) is 31.0 Å². The van der Waals surface area contributed by atoms with Crippen LogP contribution in [0.4, 0.5) is 0 Å². The second-order valence-corrected chi connectivity index (χ2v) is 7.84. The first-order chi connectivity index (χ1) is 14.6. The second-order valence-electron chi connectivity index (χ2n) is 7.84. The van der Waals surface area contributed by atoms with Gasteiger partial charge in [-0.25, -0.2) is 0 Å². The molecule has 2 heterocycles. The Morgan fingerprint density at radius 1 is 0.800 bits per heavy atom. The molecule has 0 bridgehead atoms. The van der Waals surface area contributed by atoms with E-state index in [1.54, 1.807) is 41.3 Å². The van der Waals surface area contributed by atoms with Crippen molar-refractivity contribution in [3.8, 4) is 5.69 Å². The quantitative estimate of drug-likeness (QED) is 0.672. The molecule has 1 saturated carbocycles. The highest BCUT2D eigenvalue weighted by Gasteiger charge is 2.35. The van der Waals surface area contributed by atoms with E-state index in [9.17, 15) is 14.4 Å². The predicted molar refractivity (Wildman–Crippen MR) is 113 cm³/mol. The fraction of sp³-hybridized carbons (Fsp3) is 0.304. The van der Waals surface area contributed by atoms with E-state index in [0.717, 1.165) is 12.8 Å². The molecule has 1 aliphatic carbocycles. The van der Waals surface area contributed by atoms with Gasteiger partial charge in [0.1, 0.15) is 0 Å². The summed E-state index contributed by atoms with van der Waals surface area (Å²) in [5, 5.41) is 5.48. The highest BCUT2D eigenvalue weighted by molar-refractivity contribution is 6.05.